The number of aromatic amines is 1. The predicted molar refractivity (Wildman–Crippen MR) is 72.1 cm³/mol. The first-order valence-corrected chi connectivity index (χ1v) is 6.38. The number of benzene rings is 1. The molecule has 1 aromatic heterocycles. The number of H-pyrrole nitrogens is 1. The van der Waals surface area contributed by atoms with Gasteiger partial charge in [0.1, 0.15) is 5.82 Å². The van der Waals surface area contributed by atoms with E-state index < -0.39 is 0 Å². The van der Waals surface area contributed by atoms with Gasteiger partial charge in [0.05, 0.1) is 6.20 Å². The second kappa shape index (κ2) is 4.82. The second-order valence-electron chi connectivity index (χ2n) is 4.95. The molecular weight excluding hydrogens is 224 g/mol. The fourth-order valence-corrected chi connectivity index (χ4v) is 2.70. The van der Waals surface area contributed by atoms with Crippen LogP contribution in [0.15, 0.2) is 36.5 Å². The topological polar surface area (TPSA) is 57.9 Å². The molecule has 0 spiro atoms. The van der Waals surface area contributed by atoms with E-state index >= 15 is 0 Å². The van der Waals surface area contributed by atoms with E-state index in [2.05, 4.69) is 45.4 Å². The Bertz CT molecular complexity index is 506. The minimum atomic E-state index is 0.521. The fraction of sp³-hybridized carbons (Fsp3) is 0.357. The Morgan fingerprint density at radius 1 is 1.33 bits per heavy atom. The maximum absolute atomic E-state index is 5.88. The summed E-state index contributed by atoms with van der Waals surface area (Å²) in [5, 5.41) is 6.83. The first-order valence-electron chi connectivity index (χ1n) is 6.38. The number of nitrogens with zero attached hydrogens (tertiary/aromatic N) is 2. The van der Waals surface area contributed by atoms with Crippen LogP contribution in [0.25, 0.3) is 0 Å². The lowest BCUT2D eigenvalue weighted by atomic mass is 10.0. The van der Waals surface area contributed by atoms with Crippen molar-refractivity contribution in [1.29, 1.82) is 0 Å². The van der Waals surface area contributed by atoms with E-state index in [0.717, 1.165) is 31.9 Å². The largest absolute Gasteiger partial charge is 0.384 e. The summed E-state index contributed by atoms with van der Waals surface area (Å²) in [6.07, 6.45) is 3.03. The van der Waals surface area contributed by atoms with Crippen molar-refractivity contribution in [3.05, 3.63) is 47.7 Å². The van der Waals surface area contributed by atoms with E-state index in [9.17, 15) is 0 Å². The number of anilines is 1. The molecule has 4 nitrogen and oxygen atoms in total. The molecule has 1 atom stereocenters. The molecular formula is C14H18N4. The molecule has 0 radical (unpaired) electrons. The number of hydrogen-bond donors (Lipinski definition) is 2. The van der Waals surface area contributed by atoms with Gasteiger partial charge in [0, 0.05) is 24.6 Å². The molecule has 1 unspecified atom stereocenters. The lowest BCUT2D eigenvalue weighted by Crippen LogP contribution is -2.19. The number of hydrogen-bond acceptors (Lipinski definition) is 3. The molecule has 3 rings (SSSR count). The van der Waals surface area contributed by atoms with Crippen LogP contribution in [0.4, 0.5) is 5.82 Å². The Morgan fingerprint density at radius 2 is 2.17 bits per heavy atom. The van der Waals surface area contributed by atoms with Gasteiger partial charge in [-0.05, 0) is 18.5 Å². The molecule has 3 N–H and O–H groups in total. The number of likely N-dealkylation sites (tertiary alicyclic amines) is 1. The van der Waals surface area contributed by atoms with E-state index in [-0.39, 0.29) is 0 Å². The fourth-order valence-electron chi connectivity index (χ4n) is 2.70. The Kier molecular flexibility index (Phi) is 3.02. The van der Waals surface area contributed by atoms with Gasteiger partial charge in [-0.15, -0.1) is 0 Å². The zero-order valence-electron chi connectivity index (χ0n) is 10.3. The lowest BCUT2D eigenvalue weighted by molar-refractivity contribution is 0.327. The van der Waals surface area contributed by atoms with Crippen LogP contribution in [0.2, 0.25) is 0 Å². The molecule has 4 heteroatoms. The highest BCUT2D eigenvalue weighted by Crippen LogP contribution is 2.30. The maximum Gasteiger partial charge on any atom is 0.122 e. The standard InChI is InChI=1S/C14H18N4/c15-14-13(8-16-17-14)12-6-7-18(10-12)9-11-4-2-1-3-5-11/h1-5,8,12H,6-7,9-10H2,(H3,15,16,17). The number of aromatic nitrogens is 2. The normalized spacial score (nSPS) is 20.3. The predicted octanol–water partition coefficient (Wildman–Crippen LogP) is 1.98. The van der Waals surface area contributed by atoms with Crippen molar-refractivity contribution in [1.82, 2.24) is 15.1 Å². The summed E-state index contributed by atoms with van der Waals surface area (Å²) in [7, 11) is 0. The van der Waals surface area contributed by atoms with E-state index in [1.54, 1.807) is 0 Å². The second-order valence-corrected chi connectivity index (χ2v) is 4.95. The van der Waals surface area contributed by atoms with Crippen molar-refractivity contribution < 1.29 is 0 Å². The average Bonchev–Trinajstić information content (AvgIpc) is 2.99. The van der Waals surface area contributed by atoms with Crippen LogP contribution in [-0.2, 0) is 6.54 Å². The molecule has 1 aliphatic heterocycles. The number of rotatable bonds is 3. The quantitative estimate of drug-likeness (QED) is 0.865. The molecule has 94 valence electrons. The van der Waals surface area contributed by atoms with Crippen molar-refractivity contribution in [2.24, 2.45) is 0 Å². The molecule has 2 aromatic rings. The zero-order valence-corrected chi connectivity index (χ0v) is 10.3. The van der Waals surface area contributed by atoms with Crippen LogP contribution in [0.1, 0.15) is 23.5 Å². The highest BCUT2D eigenvalue weighted by molar-refractivity contribution is 5.40. The number of nitrogens with one attached hydrogen (secondary N) is 1. The van der Waals surface area contributed by atoms with Crippen molar-refractivity contribution in [2.75, 3.05) is 18.8 Å². The number of nitrogens with two attached hydrogens (primary N) is 1. The summed E-state index contributed by atoms with van der Waals surface area (Å²) >= 11 is 0. The van der Waals surface area contributed by atoms with Crippen LogP contribution in [0, 0.1) is 0 Å². The van der Waals surface area contributed by atoms with E-state index in [4.69, 9.17) is 5.73 Å². The molecule has 18 heavy (non-hydrogen) atoms. The first kappa shape index (κ1) is 11.3. The van der Waals surface area contributed by atoms with Crippen LogP contribution in [0.5, 0.6) is 0 Å². The van der Waals surface area contributed by atoms with Gasteiger partial charge in [-0.3, -0.25) is 10.00 Å². The monoisotopic (exact) mass is 242 g/mol. The molecule has 2 heterocycles. The molecule has 1 aromatic carbocycles. The molecule has 0 amide bonds. The smallest absolute Gasteiger partial charge is 0.122 e. The van der Waals surface area contributed by atoms with Crippen molar-refractivity contribution in [3.63, 3.8) is 0 Å². The Balaban J connectivity index is 1.64. The van der Waals surface area contributed by atoms with Gasteiger partial charge in [-0.1, -0.05) is 30.3 Å². The third-order valence-corrected chi connectivity index (χ3v) is 3.66. The lowest BCUT2D eigenvalue weighted by Gasteiger charge is -2.15. The SMILES string of the molecule is Nc1[nH]ncc1C1CCN(Cc2ccccc2)C1. The van der Waals surface area contributed by atoms with Gasteiger partial charge < -0.3 is 5.73 Å². The highest BCUT2D eigenvalue weighted by atomic mass is 15.2. The Hall–Kier alpha value is -1.81. The van der Waals surface area contributed by atoms with E-state index in [1.165, 1.54) is 11.1 Å². The van der Waals surface area contributed by atoms with Crippen LogP contribution >= 0.6 is 0 Å². The third-order valence-electron chi connectivity index (χ3n) is 3.66. The number of nitrogen functional groups attached to an aromatic ring is 1. The van der Waals surface area contributed by atoms with Crippen molar-refractivity contribution in [2.45, 2.75) is 18.9 Å². The molecule has 0 bridgehead atoms. The van der Waals surface area contributed by atoms with Gasteiger partial charge >= 0.3 is 0 Å². The molecule has 1 saturated heterocycles. The highest BCUT2D eigenvalue weighted by Gasteiger charge is 2.25. The first-order chi connectivity index (χ1) is 8.83. The van der Waals surface area contributed by atoms with Gasteiger partial charge in [-0.2, -0.15) is 5.10 Å². The summed E-state index contributed by atoms with van der Waals surface area (Å²) in [5.41, 5.74) is 8.43. The van der Waals surface area contributed by atoms with Gasteiger partial charge in [0.2, 0.25) is 0 Å². The minimum Gasteiger partial charge on any atom is -0.384 e. The average molecular weight is 242 g/mol. The Morgan fingerprint density at radius 3 is 2.89 bits per heavy atom. The van der Waals surface area contributed by atoms with E-state index in [1.807, 2.05) is 6.20 Å². The molecule has 1 fully saturated rings. The summed E-state index contributed by atoms with van der Waals surface area (Å²) in [4.78, 5) is 2.48. The van der Waals surface area contributed by atoms with Crippen molar-refractivity contribution >= 4 is 5.82 Å². The summed E-state index contributed by atoms with van der Waals surface area (Å²) < 4.78 is 0. The Labute approximate surface area is 107 Å². The van der Waals surface area contributed by atoms with Gasteiger partial charge in [0.25, 0.3) is 0 Å². The summed E-state index contributed by atoms with van der Waals surface area (Å²) in [6, 6.07) is 10.6. The van der Waals surface area contributed by atoms with Gasteiger partial charge in [0.15, 0.2) is 0 Å². The third kappa shape index (κ3) is 2.24. The van der Waals surface area contributed by atoms with Gasteiger partial charge in [-0.25, -0.2) is 0 Å². The minimum absolute atomic E-state index is 0.521. The molecule has 0 aliphatic carbocycles. The molecule has 1 aliphatic rings. The van der Waals surface area contributed by atoms with Crippen molar-refractivity contribution in [3.8, 4) is 0 Å². The van der Waals surface area contributed by atoms with Crippen LogP contribution < -0.4 is 5.73 Å². The van der Waals surface area contributed by atoms with Crippen LogP contribution in [-0.4, -0.2) is 28.2 Å². The summed E-state index contributed by atoms with van der Waals surface area (Å²) in [6.45, 7) is 3.22. The van der Waals surface area contributed by atoms with Crippen LogP contribution in [0.3, 0.4) is 0 Å². The summed E-state index contributed by atoms with van der Waals surface area (Å²) in [5.74, 6) is 1.24. The zero-order chi connectivity index (χ0) is 12.4. The maximum atomic E-state index is 5.88. The van der Waals surface area contributed by atoms with E-state index in [0.29, 0.717) is 5.92 Å². The molecule has 0 saturated carbocycles.